The van der Waals surface area contributed by atoms with E-state index in [0.717, 1.165) is 12.1 Å². The number of hydrogen-bond acceptors (Lipinski definition) is 1. The Kier molecular flexibility index (Phi) is 5.54. The molecule has 0 radical (unpaired) electrons. The van der Waals surface area contributed by atoms with Crippen molar-refractivity contribution in [2.24, 2.45) is 0 Å². The normalized spacial score (nSPS) is 14.3. The first-order chi connectivity index (χ1) is 4.18. The van der Waals surface area contributed by atoms with Crippen molar-refractivity contribution < 1.29 is 4.43 Å². The molecule has 0 bridgehead atoms. The molecule has 0 spiro atoms. The van der Waals surface area contributed by atoms with Crippen molar-refractivity contribution in [1.82, 2.24) is 0 Å². The monoisotopic (exact) mass is 166 g/mol. The summed E-state index contributed by atoms with van der Waals surface area (Å²) in [6.45, 7) is 7.33. The van der Waals surface area contributed by atoms with Crippen LogP contribution in [0.25, 0.3) is 0 Å². The molecule has 0 rings (SSSR count). The van der Waals surface area contributed by atoms with Gasteiger partial charge in [-0.3, -0.25) is 0 Å². The first-order valence-corrected chi connectivity index (χ1v) is 6.18. The van der Waals surface area contributed by atoms with Crippen molar-refractivity contribution in [3.63, 3.8) is 0 Å². The molecule has 0 amide bonds. The smallest absolute Gasteiger partial charge is 0.176 e. The van der Waals surface area contributed by atoms with E-state index in [1.54, 1.807) is 0 Å². The van der Waals surface area contributed by atoms with Crippen LogP contribution in [-0.4, -0.2) is 21.5 Å². The Morgan fingerprint density at radius 3 is 2.44 bits per heavy atom. The molecule has 0 aromatic rings. The Balaban J connectivity index is 3.16. The second-order valence-corrected chi connectivity index (χ2v) is 5.96. The van der Waals surface area contributed by atoms with Gasteiger partial charge in [0.1, 0.15) is 0 Å². The van der Waals surface area contributed by atoms with E-state index >= 15 is 0 Å². The maximum absolute atomic E-state index is 5.46. The summed E-state index contributed by atoms with van der Waals surface area (Å²) in [6.07, 6.45) is 0. The third-order valence-electron chi connectivity index (χ3n) is 1.40. The molecular weight excluding hydrogens is 152 g/mol. The predicted octanol–water partition coefficient (Wildman–Crippen LogP) is 2.01. The van der Waals surface area contributed by atoms with E-state index in [2.05, 4.69) is 20.4 Å². The fourth-order valence-corrected chi connectivity index (χ4v) is 1.54. The minimum absolute atomic E-state index is 0.629. The SMILES string of the molecule is CC(C)[SiH](C)OCCCl. The highest BCUT2D eigenvalue weighted by atomic mass is 35.5. The first kappa shape index (κ1) is 9.47. The zero-order chi connectivity index (χ0) is 7.28. The third-order valence-corrected chi connectivity index (χ3v) is 4.19. The van der Waals surface area contributed by atoms with Crippen LogP contribution in [-0.2, 0) is 4.43 Å². The van der Waals surface area contributed by atoms with Crippen LogP contribution in [0.15, 0.2) is 0 Å². The van der Waals surface area contributed by atoms with Gasteiger partial charge in [0.25, 0.3) is 0 Å². The number of alkyl halides is 1. The Hall–Kier alpha value is 0.467. The average Bonchev–Trinajstić information content (AvgIpc) is 1.82. The van der Waals surface area contributed by atoms with Crippen molar-refractivity contribution in [3.8, 4) is 0 Å². The average molecular weight is 167 g/mol. The Labute approximate surface area is 64.1 Å². The van der Waals surface area contributed by atoms with Gasteiger partial charge < -0.3 is 4.43 Å². The van der Waals surface area contributed by atoms with E-state index in [1.807, 2.05) is 0 Å². The summed E-state index contributed by atoms with van der Waals surface area (Å²) in [5.41, 5.74) is 0.730. The van der Waals surface area contributed by atoms with Gasteiger partial charge >= 0.3 is 0 Å². The summed E-state index contributed by atoms with van der Waals surface area (Å²) >= 11 is 5.45. The van der Waals surface area contributed by atoms with E-state index in [-0.39, 0.29) is 0 Å². The van der Waals surface area contributed by atoms with Gasteiger partial charge in [-0.05, 0) is 12.1 Å². The molecule has 56 valence electrons. The molecule has 3 heteroatoms. The van der Waals surface area contributed by atoms with Crippen molar-refractivity contribution in [3.05, 3.63) is 0 Å². The molecule has 0 aromatic carbocycles. The molecule has 9 heavy (non-hydrogen) atoms. The van der Waals surface area contributed by atoms with Crippen LogP contribution in [0.2, 0.25) is 12.1 Å². The van der Waals surface area contributed by atoms with Crippen molar-refractivity contribution in [2.75, 3.05) is 12.5 Å². The maximum atomic E-state index is 5.46. The van der Waals surface area contributed by atoms with Crippen LogP contribution < -0.4 is 0 Å². The van der Waals surface area contributed by atoms with Gasteiger partial charge in [-0.15, -0.1) is 11.6 Å². The van der Waals surface area contributed by atoms with E-state index < -0.39 is 9.04 Å². The number of hydrogen-bond donors (Lipinski definition) is 0. The van der Waals surface area contributed by atoms with Crippen molar-refractivity contribution >= 4 is 20.6 Å². The van der Waals surface area contributed by atoms with Gasteiger partial charge in [-0.25, -0.2) is 0 Å². The Bertz CT molecular complexity index is 68.1. The molecule has 0 saturated heterocycles. The summed E-state index contributed by atoms with van der Waals surface area (Å²) in [6, 6.07) is 0. The van der Waals surface area contributed by atoms with Crippen LogP contribution >= 0.6 is 11.6 Å². The molecule has 0 aliphatic carbocycles. The summed E-state index contributed by atoms with van der Waals surface area (Å²) in [7, 11) is -0.878. The summed E-state index contributed by atoms with van der Waals surface area (Å²) < 4.78 is 5.46. The van der Waals surface area contributed by atoms with Crippen LogP contribution in [0.1, 0.15) is 13.8 Å². The highest BCUT2D eigenvalue weighted by Gasteiger charge is 2.08. The van der Waals surface area contributed by atoms with Gasteiger partial charge in [0.05, 0.1) is 0 Å². The van der Waals surface area contributed by atoms with Crippen molar-refractivity contribution in [2.45, 2.75) is 25.9 Å². The number of rotatable bonds is 4. The Morgan fingerprint density at radius 1 is 1.56 bits per heavy atom. The minimum atomic E-state index is -0.878. The van der Waals surface area contributed by atoms with Crippen LogP contribution in [0.4, 0.5) is 0 Å². The highest BCUT2D eigenvalue weighted by Crippen LogP contribution is 2.07. The van der Waals surface area contributed by atoms with Gasteiger partial charge in [0.2, 0.25) is 0 Å². The zero-order valence-corrected chi connectivity index (χ0v) is 8.27. The lowest BCUT2D eigenvalue weighted by molar-refractivity contribution is 0.343. The zero-order valence-electron chi connectivity index (χ0n) is 6.36. The fraction of sp³-hybridized carbons (Fsp3) is 1.00. The molecule has 0 N–H and O–H groups in total. The molecule has 1 nitrogen and oxygen atoms in total. The summed E-state index contributed by atoms with van der Waals surface area (Å²) in [5.74, 6) is 0.629. The van der Waals surface area contributed by atoms with Gasteiger partial charge in [-0.1, -0.05) is 13.8 Å². The maximum Gasteiger partial charge on any atom is 0.176 e. The third kappa shape index (κ3) is 4.94. The predicted molar refractivity (Wildman–Crippen MR) is 44.8 cm³/mol. The summed E-state index contributed by atoms with van der Waals surface area (Å²) in [4.78, 5) is 0. The first-order valence-electron chi connectivity index (χ1n) is 3.36. The quantitative estimate of drug-likeness (QED) is 0.459. The standard InChI is InChI=1S/C6H15ClOSi/c1-6(2)9(3)8-5-4-7/h6,9H,4-5H2,1-3H3. The van der Waals surface area contributed by atoms with Gasteiger partial charge in [0, 0.05) is 12.5 Å². The lowest BCUT2D eigenvalue weighted by Crippen LogP contribution is -2.18. The lowest BCUT2D eigenvalue weighted by atomic mass is 10.6. The molecular formula is C6H15ClOSi. The number of halogens is 1. The molecule has 0 saturated carbocycles. The molecule has 0 aliphatic rings. The lowest BCUT2D eigenvalue weighted by Gasteiger charge is -2.13. The van der Waals surface area contributed by atoms with Crippen molar-refractivity contribution in [1.29, 1.82) is 0 Å². The van der Waals surface area contributed by atoms with E-state index in [0.29, 0.717) is 5.88 Å². The van der Waals surface area contributed by atoms with E-state index in [1.165, 1.54) is 0 Å². The molecule has 0 aromatic heterocycles. The second kappa shape index (κ2) is 5.27. The van der Waals surface area contributed by atoms with Gasteiger partial charge in [0.15, 0.2) is 9.04 Å². The molecule has 1 unspecified atom stereocenters. The largest absolute Gasteiger partial charge is 0.419 e. The topological polar surface area (TPSA) is 9.23 Å². The molecule has 1 atom stereocenters. The van der Waals surface area contributed by atoms with Crippen LogP contribution in [0, 0.1) is 0 Å². The highest BCUT2D eigenvalue weighted by molar-refractivity contribution is 6.51. The molecule has 0 aliphatic heterocycles. The fourth-order valence-electron chi connectivity index (χ4n) is 0.423. The second-order valence-electron chi connectivity index (χ2n) is 2.51. The molecule has 0 fully saturated rings. The van der Waals surface area contributed by atoms with Crippen LogP contribution in [0.3, 0.4) is 0 Å². The van der Waals surface area contributed by atoms with Crippen LogP contribution in [0.5, 0.6) is 0 Å². The van der Waals surface area contributed by atoms with E-state index in [4.69, 9.17) is 16.0 Å². The minimum Gasteiger partial charge on any atom is -0.419 e. The summed E-state index contributed by atoms with van der Waals surface area (Å²) in [5, 5.41) is 0. The van der Waals surface area contributed by atoms with E-state index in [9.17, 15) is 0 Å². The Morgan fingerprint density at radius 2 is 2.11 bits per heavy atom. The molecule has 0 heterocycles. The van der Waals surface area contributed by atoms with Gasteiger partial charge in [-0.2, -0.15) is 0 Å².